The van der Waals surface area contributed by atoms with Crippen LogP contribution in [0.4, 0.5) is 8.78 Å². The number of hydrogen-bond acceptors (Lipinski definition) is 2. The predicted molar refractivity (Wildman–Crippen MR) is 62.2 cm³/mol. The molecule has 0 aliphatic heterocycles. The van der Waals surface area contributed by atoms with Gasteiger partial charge in [-0.1, -0.05) is 12.7 Å². The highest BCUT2D eigenvalue weighted by Crippen LogP contribution is 2.21. The highest BCUT2D eigenvalue weighted by molar-refractivity contribution is 5.57. The summed E-state index contributed by atoms with van der Waals surface area (Å²) in [6.45, 7) is 4.96. The molecule has 2 aromatic rings. The average Bonchev–Trinajstić information content (AvgIpc) is 2.35. The smallest absolute Gasteiger partial charge is 0.159 e. The highest BCUT2D eigenvalue weighted by atomic mass is 19.1. The van der Waals surface area contributed by atoms with Crippen molar-refractivity contribution in [2.45, 2.75) is 6.92 Å². The van der Waals surface area contributed by atoms with E-state index in [1.807, 2.05) is 0 Å². The van der Waals surface area contributed by atoms with Gasteiger partial charge in [-0.25, -0.2) is 18.7 Å². The molecule has 0 N–H and O–H groups in total. The van der Waals surface area contributed by atoms with Crippen LogP contribution in [0.1, 0.15) is 11.1 Å². The summed E-state index contributed by atoms with van der Waals surface area (Å²) in [5.41, 5.74) is 1.07. The standard InChI is InChI=1S/C13H10F2N2/c1-3-9-6-16-13(17-7-9)10-4-11(14)8(2)12(15)5-10/h3-7H,1H2,2H3. The zero-order valence-electron chi connectivity index (χ0n) is 9.24. The fraction of sp³-hybridized carbons (Fsp3) is 0.0769. The Kier molecular flexibility index (Phi) is 2.95. The van der Waals surface area contributed by atoms with Crippen LogP contribution in [0.25, 0.3) is 17.5 Å². The minimum Gasteiger partial charge on any atom is -0.236 e. The molecule has 0 amide bonds. The quantitative estimate of drug-likeness (QED) is 0.793. The monoisotopic (exact) mass is 232 g/mol. The van der Waals surface area contributed by atoms with Crippen molar-refractivity contribution >= 4 is 6.08 Å². The van der Waals surface area contributed by atoms with E-state index in [0.29, 0.717) is 5.56 Å². The second-order valence-corrected chi connectivity index (χ2v) is 3.61. The Labute approximate surface area is 97.7 Å². The van der Waals surface area contributed by atoms with Crippen LogP contribution in [-0.4, -0.2) is 9.97 Å². The SMILES string of the molecule is C=Cc1cnc(-c2cc(F)c(C)c(F)c2)nc1. The normalized spacial score (nSPS) is 10.3. The largest absolute Gasteiger partial charge is 0.236 e. The summed E-state index contributed by atoms with van der Waals surface area (Å²) < 4.78 is 26.7. The van der Waals surface area contributed by atoms with E-state index in [-0.39, 0.29) is 11.4 Å². The number of aromatic nitrogens is 2. The third-order valence-corrected chi connectivity index (χ3v) is 2.45. The maximum Gasteiger partial charge on any atom is 0.159 e. The summed E-state index contributed by atoms with van der Waals surface area (Å²) in [5, 5.41) is 0. The molecule has 1 aromatic heterocycles. The number of nitrogens with zero attached hydrogens (tertiary/aromatic N) is 2. The van der Waals surface area contributed by atoms with Crippen molar-refractivity contribution in [2.24, 2.45) is 0 Å². The lowest BCUT2D eigenvalue weighted by molar-refractivity contribution is 0.568. The van der Waals surface area contributed by atoms with Gasteiger partial charge in [0.2, 0.25) is 0 Å². The molecule has 0 fully saturated rings. The van der Waals surface area contributed by atoms with Crippen molar-refractivity contribution in [2.75, 3.05) is 0 Å². The molecule has 0 aliphatic rings. The summed E-state index contributed by atoms with van der Waals surface area (Å²) in [4.78, 5) is 8.03. The minimum absolute atomic E-state index is 0.00328. The molecule has 0 radical (unpaired) electrons. The van der Waals surface area contributed by atoms with Gasteiger partial charge in [0.25, 0.3) is 0 Å². The number of benzene rings is 1. The van der Waals surface area contributed by atoms with Gasteiger partial charge in [0.15, 0.2) is 5.82 Å². The topological polar surface area (TPSA) is 25.8 Å². The Hall–Kier alpha value is -2.10. The second kappa shape index (κ2) is 4.41. The van der Waals surface area contributed by atoms with Gasteiger partial charge < -0.3 is 0 Å². The fourth-order valence-electron chi connectivity index (χ4n) is 1.37. The first-order chi connectivity index (χ1) is 8.11. The molecule has 1 aromatic carbocycles. The molecule has 1 heterocycles. The lowest BCUT2D eigenvalue weighted by Gasteiger charge is -2.04. The van der Waals surface area contributed by atoms with Gasteiger partial charge in [0, 0.05) is 29.1 Å². The summed E-state index contributed by atoms with van der Waals surface area (Å²) in [6, 6.07) is 2.45. The molecular weight excluding hydrogens is 222 g/mol. The Bertz CT molecular complexity index is 539. The molecule has 2 rings (SSSR count). The Morgan fingerprint density at radius 3 is 2.12 bits per heavy atom. The van der Waals surface area contributed by atoms with Gasteiger partial charge >= 0.3 is 0 Å². The molecule has 0 atom stereocenters. The number of hydrogen-bond donors (Lipinski definition) is 0. The van der Waals surface area contributed by atoms with Crippen LogP contribution in [0.15, 0.2) is 31.1 Å². The van der Waals surface area contributed by atoms with Crippen molar-refractivity contribution in [1.29, 1.82) is 0 Å². The third-order valence-electron chi connectivity index (χ3n) is 2.45. The van der Waals surface area contributed by atoms with Crippen LogP contribution in [-0.2, 0) is 0 Å². The molecule has 0 unspecified atom stereocenters. The van der Waals surface area contributed by atoms with Crippen molar-refractivity contribution in [3.63, 3.8) is 0 Å². The van der Waals surface area contributed by atoms with Crippen LogP contribution in [0.2, 0.25) is 0 Å². The summed E-state index contributed by atoms with van der Waals surface area (Å²) in [7, 11) is 0. The minimum atomic E-state index is -0.601. The second-order valence-electron chi connectivity index (χ2n) is 3.61. The zero-order valence-corrected chi connectivity index (χ0v) is 9.24. The Morgan fingerprint density at radius 2 is 1.65 bits per heavy atom. The van der Waals surface area contributed by atoms with Gasteiger partial charge in [0.1, 0.15) is 11.6 Å². The van der Waals surface area contributed by atoms with Gasteiger partial charge in [0.05, 0.1) is 0 Å². The van der Waals surface area contributed by atoms with Gasteiger partial charge in [-0.2, -0.15) is 0 Å². The fourth-order valence-corrected chi connectivity index (χ4v) is 1.37. The maximum absolute atomic E-state index is 13.4. The van der Waals surface area contributed by atoms with E-state index < -0.39 is 11.6 Å². The van der Waals surface area contributed by atoms with E-state index in [2.05, 4.69) is 16.5 Å². The van der Waals surface area contributed by atoms with E-state index in [4.69, 9.17) is 0 Å². The lowest BCUT2D eigenvalue weighted by atomic mass is 10.1. The van der Waals surface area contributed by atoms with E-state index in [1.165, 1.54) is 19.1 Å². The lowest BCUT2D eigenvalue weighted by Crippen LogP contribution is -1.94. The van der Waals surface area contributed by atoms with E-state index >= 15 is 0 Å². The van der Waals surface area contributed by atoms with Crippen LogP contribution in [0.3, 0.4) is 0 Å². The molecule has 0 aliphatic carbocycles. The first kappa shape index (κ1) is 11.4. The Balaban J connectivity index is 2.49. The molecule has 17 heavy (non-hydrogen) atoms. The van der Waals surface area contributed by atoms with Crippen molar-refractivity contribution in [3.05, 3.63) is 53.9 Å². The zero-order chi connectivity index (χ0) is 12.4. The van der Waals surface area contributed by atoms with Crippen molar-refractivity contribution < 1.29 is 8.78 Å². The molecule has 0 bridgehead atoms. The average molecular weight is 232 g/mol. The van der Waals surface area contributed by atoms with E-state index in [1.54, 1.807) is 18.5 Å². The van der Waals surface area contributed by atoms with E-state index in [9.17, 15) is 8.78 Å². The van der Waals surface area contributed by atoms with E-state index in [0.717, 1.165) is 5.56 Å². The molecule has 4 heteroatoms. The number of halogens is 2. The van der Waals surface area contributed by atoms with Gasteiger partial charge in [-0.15, -0.1) is 0 Å². The molecular formula is C13H10F2N2. The molecule has 0 saturated carbocycles. The summed E-state index contributed by atoms with van der Waals surface area (Å²) >= 11 is 0. The van der Waals surface area contributed by atoms with Crippen LogP contribution in [0.5, 0.6) is 0 Å². The summed E-state index contributed by atoms with van der Waals surface area (Å²) in [5.74, 6) is -0.916. The third kappa shape index (κ3) is 2.20. The highest BCUT2D eigenvalue weighted by Gasteiger charge is 2.09. The first-order valence-corrected chi connectivity index (χ1v) is 5.02. The molecule has 0 saturated heterocycles. The van der Waals surface area contributed by atoms with Crippen molar-refractivity contribution in [3.8, 4) is 11.4 Å². The van der Waals surface area contributed by atoms with Crippen LogP contribution >= 0.6 is 0 Å². The van der Waals surface area contributed by atoms with Crippen LogP contribution in [0, 0.1) is 18.6 Å². The molecule has 86 valence electrons. The predicted octanol–water partition coefficient (Wildman–Crippen LogP) is 3.37. The maximum atomic E-state index is 13.4. The molecule has 0 spiro atoms. The molecule has 2 nitrogen and oxygen atoms in total. The van der Waals surface area contributed by atoms with Crippen molar-refractivity contribution in [1.82, 2.24) is 9.97 Å². The van der Waals surface area contributed by atoms with Gasteiger partial charge in [-0.3, -0.25) is 0 Å². The first-order valence-electron chi connectivity index (χ1n) is 5.02. The number of rotatable bonds is 2. The Morgan fingerprint density at radius 1 is 1.12 bits per heavy atom. The summed E-state index contributed by atoms with van der Waals surface area (Å²) in [6.07, 6.45) is 4.69. The van der Waals surface area contributed by atoms with Gasteiger partial charge in [-0.05, 0) is 19.1 Å². The van der Waals surface area contributed by atoms with Crippen LogP contribution < -0.4 is 0 Å².